The molecule has 1 spiro atoms. The number of nitrogens with zero attached hydrogens (tertiary/aromatic N) is 2. The molecule has 0 radical (unpaired) electrons. The monoisotopic (exact) mass is 329 g/mol. The van der Waals surface area contributed by atoms with Crippen LogP contribution in [0.15, 0.2) is 30.3 Å². The summed E-state index contributed by atoms with van der Waals surface area (Å²) in [6.07, 6.45) is 5.60. The molecule has 1 atom stereocenters. The fraction of sp³-hybridized carbons (Fsp3) is 0.700. The zero-order valence-electron chi connectivity index (χ0n) is 14.8. The Morgan fingerprint density at radius 1 is 1.04 bits per heavy atom. The molecule has 4 rings (SSSR count). The summed E-state index contributed by atoms with van der Waals surface area (Å²) in [7, 11) is 0. The highest BCUT2D eigenvalue weighted by atomic mass is 16.5. The topological polar surface area (TPSA) is 27.7 Å². The number of rotatable bonds is 4. The van der Waals surface area contributed by atoms with E-state index in [0.29, 0.717) is 11.5 Å². The number of hydrogen-bond donors (Lipinski definition) is 1. The lowest BCUT2D eigenvalue weighted by atomic mass is 9.77. The molecular weight excluding hydrogens is 298 g/mol. The van der Waals surface area contributed by atoms with Crippen LogP contribution in [-0.2, 0) is 4.74 Å². The molecule has 0 amide bonds. The van der Waals surface area contributed by atoms with Crippen LogP contribution in [0.4, 0.5) is 5.69 Å². The Bertz CT molecular complexity index is 507. The van der Waals surface area contributed by atoms with E-state index in [4.69, 9.17) is 4.74 Å². The summed E-state index contributed by atoms with van der Waals surface area (Å²) < 4.78 is 6.16. The van der Waals surface area contributed by atoms with E-state index in [1.807, 2.05) is 0 Å². The van der Waals surface area contributed by atoms with E-state index < -0.39 is 0 Å². The molecule has 3 heterocycles. The van der Waals surface area contributed by atoms with Gasteiger partial charge >= 0.3 is 0 Å². The molecule has 1 aromatic carbocycles. The maximum atomic E-state index is 6.16. The number of anilines is 1. The fourth-order valence-corrected chi connectivity index (χ4v) is 4.58. The van der Waals surface area contributed by atoms with Gasteiger partial charge in [-0.1, -0.05) is 18.2 Å². The van der Waals surface area contributed by atoms with Gasteiger partial charge in [0.25, 0.3) is 0 Å². The summed E-state index contributed by atoms with van der Waals surface area (Å²) in [6, 6.07) is 10.8. The second-order valence-corrected chi connectivity index (χ2v) is 7.84. The van der Waals surface area contributed by atoms with E-state index in [1.54, 1.807) is 0 Å². The summed E-state index contributed by atoms with van der Waals surface area (Å²) in [5.74, 6) is 0. The molecule has 0 aliphatic carbocycles. The van der Waals surface area contributed by atoms with Gasteiger partial charge in [-0.2, -0.15) is 0 Å². The number of para-hydroxylation sites is 1. The van der Waals surface area contributed by atoms with Gasteiger partial charge in [0.2, 0.25) is 0 Å². The van der Waals surface area contributed by atoms with Crippen LogP contribution >= 0.6 is 0 Å². The van der Waals surface area contributed by atoms with E-state index in [9.17, 15) is 0 Å². The van der Waals surface area contributed by atoms with Crippen LogP contribution in [0.5, 0.6) is 0 Å². The maximum absolute atomic E-state index is 6.16. The minimum absolute atomic E-state index is 0.496. The van der Waals surface area contributed by atoms with Crippen LogP contribution in [0.2, 0.25) is 0 Å². The number of nitrogens with one attached hydrogen (secondary N) is 1. The molecular formula is C20H31N3O. The minimum Gasteiger partial charge on any atom is -0.378 e. The van der Waals surface area contributed by atoms with Crippen LogP contribution in [0, 0.1) is 5.41 Å². The molecule has 0 aromatic heterocycles. The van der Waals surface area contributed by atoms with Crippen LogP contribution in [-0.4, -0.2) is 63.4 Å². The smallest absolute Gasteiger partial charge is 0.0593 e. The normalized spacial score (nSPS) is 27.7. The molecule has 132 valence electrons. The summed E-state index contributed by atoms with van der Waals surface area (Å²) in [5, 5.41) is 3.48. The Morgan fingerprint density at radius 2 is 1.79 bits per heavy atom. The average Bonchev–Trinajstić information content (AvgIpc) is 3.04. The molecule has 1 unspecified atom stereocenters. The number of piperazine rings is 1. The van der Waals surface area contributed by atoms with Crippen molar-refractivity contribution in [3.63, 3.8) is 0 Å². The van der Waals surface area contributed by atoms with E-state index in [1.165, 1.54) is 64.1 Å². The highest BCUT2D eigenvalue weighted by molar-refractivity contribution is 5.46. The molecule has 1 aromatic rings. The Balaban J connectivity index is 1.20. The maximum Gasteiger partial charge on any atom is 0.0593 e. The van der Waals surface area contributed by atoms with Crippen LogP contribution in [0.25, 0.3) is 0 Å². The Labute approximate surface area is 146 Å². The largest absolute Gasteiger partial charge is 0.378 e. The summed E-state index contributed by atoms with van der Waals surface area (Å²) in [6.45, 7) is 9.20. The first kappa shape index (κ1) is 16.4. The predicted molar refractivity (Wildman–Crippen MR) is 98.6 cm³/mol. The predicted octanol–water partition coefficient (Wildman–Crippen LogP) is 2.36. The molecule has 0 saturated carbocycles. The van der Waals surface area contributed by atoms with E-state index in [-0.39, 0.29) is 0 Å². The highest BCUT2D eigenvalue weighted by Crippen LogP contribution is 2.41. The Morgan fingerprint density at radius 3 is 2.54 bits per heavy atom. The number of ether oxygens (including phenoxy) is 1. The number of hydrogen-bond acceptors (Lipinski definition) is 4. The molecule has 4 nitrogen and oxygen atoms in total. The number of benzene rings is 1. The second kappa shape index (κ2) is 7.42. The molecule has 3 aliphatic rings. The van der Waals surface area contributed by atoms with Gasteiger partial charge < -0.3 is 15.0 Å². The molecule has 3 aliphatic heterocycles. The van der Waals surface area contributed by atoms with Crippen molar-refractivity contribution in [1.82, 2.24) is 10.2 Å². The Hall–Kier alpha value is -1.10. The van der Waals surface area contributed by atoms with E-state index in [2.05, 4.69) is 45.4 Å². The van der Waals surface area contributed by atoms with Gasteiger partial charge in [-0.25, -0.2) is 0 Å². The van der Waals surface area contributed by atoms with E-state index >= 15 is 0 Å². The van der Waals surface area contributed by atoms with Crippen molar-refractivity contribution in [1.29, 1.82) is 0 Å². The fourth-order valence-electron chi connectivity index (χ4n) is 4.58. The number of piperidine rings is 1. The molecule has 3 saturated heterocycles. The average molecular weight is 329 g/mol. The van der Waals surface area contributed by atoms with Crippen LogP contribution in [0.1, 0.15) is 25.7 Å². The lowest BCUT2D eigenvalue weighted by molar-refractivity contribution is 0.0743. The quantitative estimate of drug-likeness (QED) is 0.918. The minimum atomic E-state index is 0.496. The van der Waals surface area contributed by atoms with Crippen LogP contribution in [0.3, 0.4) is 0 Å². The second-order valence-electron chi connectivity index (χ2n) is 7.84. The van der Waals surface area contributed by atoms with Gasteiger partial charge in [-0.15, -0.1) is 0 Å². The molecule has 0 bridgehead atoms. The van der Waals surface area contributed by atoms with Crippen molar-refractivity contribution >= 4 is 5.69 Å². The van der Waals surface area contributed by atoms with Crippen molar-refractivity contribution in [3.05, 3.63) is 30.3 Å². The third kappa shape index (κ3) is 3.76. The zero-order valence-corrected chi connectivity index (χ0v) is 14.8. The van der Waals surface area contributed by atoms with Crippen molar-refractivity contribution in [3.8, 4) is 0 Å². The summed E-state index contributed by atoms with van der Waals surface area (Å²) in [4.78, 5) is 5.13. The highest BCUT2D eigenvalue weighted by Gasteiger charge is 2.40. The van der Waals surface area contributed by atoms with Gasteiger partial charge in [-0.3, -0.25) is 4.90 Å². The lowest BCUT2D eigenvalue weighted by Crippen LogP contribution is -2.47. The van der Waals surface area contributed by atoms with E-state index in [0.717, 1.165) is 19.7 Å². The van der Waals surface area contributed by atoms with Gasteiger partial charge in [0.15, 0.2) is 0 Å². The zero-order chi connectivity index (χ0) is 16.2. The lowest BCUT2D eigenvalue weighted by Gasteiger charge is -2.36. The first-order chi connectivity index (χ1) is 11.8. The first-order valence-corrected chi connectivity index (χ1v) is 9.68. The van der Waals surface area contributed by atoms with Crippen molar-refractivity contribution in [2.45, 2.75) is 31.8 Å². The summed E-state index contributed by atoms with van der Waals surface area (Å²) in [5.41, 5.74) is 1.87. The summed E-state index contributed by atoms with van der Waals surface area (Å²) >= 11 is 0. The van der Waals surface area contributed by atoms with Crippen LogP contribution < -0.4 is 10.2 Å². The van der Waals surface area contributed by atoms with Crippen molar-refractivity contribution in [2.24, 2.45) is 5.41 Å². The molecule has 24 heavy (non-hydrogen) atoms. The molecule has 4 heteroatoms. The van der Waals surface area contributed by atoms with Gasteiger partial charge in [0, 0.05) is 38.4 Å². The third-order valence-corrected chi connectivity index (χ3v) is 6.21. The first-order valence-electron chi connectivity index (χ1n) is 9.68. The molecule has 1 N–H and O–H groups in total. The Kier molecular flexibility index (Phi) is 5.06. The SMILES string of the molecule is c1ccc(N2CCN(CCC3CC4(CCNCC4)CO3)CC2)cc1. The van der Waals surface area contributed by atoms with Gasteiger partial charge in [0.1, 0.15) is 0 Å². The molecule has 3 fully saturated rings. The van der Waals surface area contributed by atoms with Crippen molar-refractivity contribution < 1.29 is 4.74 Å². The standard InChI is InChI=1S/C20H31N3O/c1-2-4-18(5-3-1)23-14-12-22(13-15-23)11-6-19-16-20(17-24-19)7-9-21-10-8-20/h1-5,19,21H,6-17H2. The third-order valence-electron chi connectivity index (χ3n) is 6.21. The van der Waals surface area contributed by atoms with Crippen molar-refractivity contribution in [2.75, 3.05) is 57.3 Å². The van der Waals surface area contributed by atoms with Gasteiger partial charge in [-0.05, 0) is 56.3 Å². The van der Waals surface area contributed by atoms with Gasteiger partial charge in [0.05, 0.1) is 12.7 Å².